The number of nitrogens with one attached hydrogen (secondary N) is 1. The molecule has 1 aliphatic rings. The van der Waals surface area contributed by atoms with Crippen molar-refractivity contribution in [3.63, 3.8) is 0 Å². The van der Waals surface area contributed by atoms with E-state index in [9.17, 15) is 13.2 Å². The summed E-state index contributed by atoms with van der Waals surface area (Å²) in [7, 11) is -0.839. The molecule has 1 aromatic rings. The molecule has 1 fully saturated rings. The van der Waals surface area contributed by atoms with Crippen molar-refractivity contribution in [1.82, 2.24) is 9.62 Å². The Balaban J connectivity index is 2.18. The fourth-order valence-corrected chi connectivity index (χ4v) is 4.96. The lowest BCUT2D eigenvalue weighted by molar-refractivity contribution is -0.127. The second kappa shape index (κ2) is 9.03. The van der Waals surface area contributed by atoms with E-state index in [0.717, 1.165) is 0 Å². The molecule has 0 saturated carbocycles. The average molecular weight is 405 g/mol. The molecule has 2 rings (SSSR count). The largest absolute Gasteiger partial charge is 0.495 e. The van der Waals surface area contributed by atoms with Gasteiger partial charge in [0, 0.05) is 31.3 Å². The van der Waals surface area contributed by atoms with Crippen molar-refractivity contribution in [1.29, 1.82) is 0 Å². The molecule has 1 aromatic carbocycles. The molecule has 0 spiro atoms. The Hall–Kier alpha value is -1.35. The van der Waals surface area contributed by atoms with Crippen molar-refractivity contribution < 1.29 is 22.7 Å². The zero-order chi connectivity index (χ0) is 19.3. The highest BCUT2D eigenvalue weighted by molar-refractivity contribution is 7.89. The SMILES string of the molecule is COCC(C)NC(=O)C1CCCN(S(=O)(=O)c2cc(Cl)ccc2OC)C1. The van der Waals surface area contributed by atoms with Crippen LogP contribution in [0.25, 0.3) is 0 Å². The average Bonchev–Trinajstić information content (AvgIpc) is 2.62. The summed E-state index contributed by atoms with van der Waals surface area (Å²) in [5.74, 6) is -0.329. The maximum Gasteiger partial charge on any atom is 0.246 e. The van der Waals surface area contributed by atoms with Crippen molar-refractivity contribution in [2.24, 2.45) is 5.92 Å². The Morgan fingerprint density at radius 1 is 1.42 bits per heavy atom. The number of hydrogen-bond acceptors (Lipinski definition) is 5. The summed E-state index contributed by atoms with van der Waals surface area (Å²) in [6, 6.07) is 4.34. The summed E-state index contributed by atoms with van der Waals surface area (Å²) in [6.07, 6.45) is 1.25. The summed E-state index contributed by atoms with van der Waals surface area (Å²) in [6.45, 7) is 2.73. The van der Waals surface area contributed by atoms with E-state index >= 15 is 0 Å². The summed E-state index contributed by atoms with van der Waals surface area (Å²) in [5, 5.41) is 3.17. The van der Waals surface area contributed by atoms with E-state index in [1.807, 2.05) is 6.92 Å². The van der Waals surface area contributed by atoms with Gasteiger partial charge in [-0.15, -0.1) is 0 Å². The molecule has 2 unspecified atom stereocenters. The van der Waals surface area contributed by atoms with Crippen LogP contribution < -0.4 is 10.1 Å². The number of carbonyl (C=O) groups is 1. The molecule has 1 aliphatic heterocycles. The van der Waals surface area contributed by atoms with Crippen LogP contribution in [0.5, 0.6) is 5.75 Å². The molecule has 1 heterocycles. The number of hydrogen-bond donors (Lipinski definition) is 1. The molecular weight excluding hydrogens is 380 g/mol. The van der Waals surface area contributed by atoms with Gasteiger partial charge in [0.2, 0.25) is 15.9 Å². The number of ether oxygens (including phenoxy) is 2. The van der Waals surface area contributed by atoms with Gasteiger partial charge in [0.1, 0.15) is 10.6 Å². The van der Waals surface area contributed by atoms with E-state index in [2.05, 4.69) is 5.32 Å². The van der Waals surface area contributed by atoms with Crippen molar-refractivity contribution in [3.8, 4) is 5.75 Å². The lowest BCUT2D eigenvalue weighted by Crippen LogP contribution is -2.47. The monoisotopic (exact) mass is 404 g/mol. The molecule has 7 nitrogen and oxygen atoms in total. The molecule has 26 heavy (non-hydrogen) atoms. The van der Waals surface area contributed by atoms with Crippen molar-refractivity contribution >= 4 is 27.5 Å². The maximum atomic E-state index is 13.0. The number of amides is 1. The van der Waals surface area contributed by atoms with Gasteiger partial charge >= 0.3 is 0 Å². The first-order valence-corrected chi connectivity index (χ1v) is 10.2. The van der Waals surface area contributed by atoms with Gasteiger partial charge in [-0.25, -0.2) is 8.42 Å². The van der Waals surface area contributed by atoms with Crippen LogP contribution in [-0.2, 0) is 19.6 Å². The first-order chi connectivity index (χ1) is 12.3. The fourth-order valence-electron chi connectivity index (χ4n) is 3.02. The minimum Gasteiger partial charge on any atom is -0.495 e. The Labute approximate surface area is 159 Å². The molecule has 1 amide bonds. The Morgan fingerprint density at radius 3 is 2.81 bits per heavy atom. The molecule has 146 valence electrons. The van der Waals surface area contributed by atoms with Gasteiger partial charge < -0.3 is 14.8 Å². The quantitative estimate of drug-likeness (QED) is 0.750. The zero-order valence-electron chi connectivity index (χ0n) is 15.2. The number of rotatable bonds is 7. The van der Waals surface area contributed by atoms with E-state index in [1.165, 1.54) is 23.5 Å². The van der Waals surface area contributed by atoms with Crippen LogP contribution in [0.15, 0.2) is 23.1 Å². The highest BCUT2D eigenvalue weighted by atomic mass is 35.5. The number of halogens is 1. The van der Waals surface area contributed by atoms with E-state index in [1.54, 1.807) is 13.2 Å². The lowest BCUT2D eigenvalue weighted by Gasteiger charge is -2.32. The molecule has 9 heteroatoms. The van der Waals surface area contributed by atoms with Crippen LogP contribution in [0, 0.1) is 5.92 Å². The van der Waals surface area contributed by atoms with Crippen LogP contribution in [0.4, 0.5) is 0 Å². The van der Waals surface area contributed by atoms with Crippen LogP contribution in [0.3, 0.4) is 0 Å². The standard InChI is InChI=1S/C17H25ClN2O5S/c1-12(11-24-2)19-17(21)13-5-4-8-20(10-13)26(22,23)16-9-14(18)6-7-15(16)25-3/h6-7,9,12-13H,4-5,8,10-11H2,1-3H3,(H,19,21). The minimum atomic E-state index is -3.81. The third-order valence-electron chi connectivity index (χ3n) is 4.30. The van der Waals surface area contributed by atoms with E-state index in [-0.39, 0.29) is 29.1 Å². The van der Waals surface area contributed by atoms with E-state index in [0.29, 0.717) is 31.0 Å². The third-order valence-corrected chi connectivity index (χ3v) is 6.43. The number of benzene rings is 1. The predicted molar refractivity (Wildman–Crippen MR) is 99.0 cm³/mol. The molecule has 1 saturated heterocycles. The Bertz CT molecular complexity index is 741. The predicted octanol–water partition coefficient (Wildman–Crippen LogP) is 1.90. The second-order valence-corrected chi connectivity index (χ2v) is 8.71. The first kappa shape index (κ1) is 21.0. The van der Waals surface area contributed by atoms with Gasteiger partial charge in [0.15, 0.2) is 0 Å². The molecule has 0 bridgehead atoms. The zero-order valence-corrected chi connectivity index (χ0v) is 16.8. The van der Waals surface area contributed by atoms with Crippen LogP contribution in [-0.4, -0.2) is 58.6 Å². The summed E-state index contributed by atoms with van der Waals surface area (Å²) < 4.78 is 37.6. The van der Waals surface area contributed by atoms with Gasteiger partial charge in [0.25, 0.3) is 0 Å². The summed E-state index contributed by atoms with van der Waals surface area (Å²) >= 11 is 5.97. The number of methoxy groups -OCH3 is 2. The normalized spacial score (nSPS) is 19.8. The number of carbonyl (C=O) groups excluding carboxylic acids is 1. The van der Waals surface area contributed by atoms with Crippen molar-refractivity contribution in [2.75, 3.05) is 33.9 Å². The number of piperidine rings is 1. The molecule has 0 aromatic heterocycles. The Kier molecular flexibility index (Phi) is 7.28. The van der Waals surface area contributed by atoms with Crippen LogP contribution in [0.2, 0.25) is 5.02 Å². The smallest absolute Gasteiger partial charge is 0.246 e. The Morgan fingerprint density at radius 2 is 2.15 bits per heavy atom. The lowest BCUT2D eigenvalue weighted by atomic mass is 9.98. The highest BCUT2D eigenvalue weighted by Crippen LogP contribution is 2.31. The number of sulfonamides is 1. The molecule has 0 radical (unpaired) electrons. The maximum absolute atomic E-state index is 13.0. The third kappa shape index (κ3) is 4.88. The van der Waals surface area contributed by atoms with Gasteiger partial charge in [-0.05, 0) is 38.0 Å². The van der Waals surface area contributed by atoms with E-state index < -0.39 is 15.9 Å². The highest BCUT2D eigenvalue weighted by Gasteiger charge is 2.35. The van der Waals surface area contributed by atoms with Gasteiger partial charge in [-0.2, -0.15) is 4.31 Å². The van der Waals surface area contributed by atoms with E-state index in [4.69, 9.17) is 21.1 Å². The molecule has 1 N–H and O–H groups in total. The second-order valence-electron chi connectivity index (χ2n) is 6.36. The minimum absolute atomic E-state index is 0.0151. The van der Waals surface area contributed by atoms with Crippen LogP contribution in [0.1, 0.15) is 19.8 Å². The summed E-state index contributed by atoms with van der Waals surface area (Å²) in [4.78, 5) is 12.5. The molecule has 0 aliphatic carbocycles. The van der Waals surface area contributed by atoms with Gasteiger partial charge in [-0.1, -0.05) is 11.6 Å². The molecule has 2 atom stereocenters. The van der Waals surface area contributed by atoms with Crippen molar-refractivity contribution in [3.05, 3.63) is 23.2 Å². The first-order valence-electron chi connectivity index (χ1n) is 8.42. The topological polar surface area (TPSA) is 84.9 Å². The van der Waals surface area contributed by atoms with Gasteiger partial charge in [0.05, 0.1) is 19.6 Å². The fraction of sp³-hybridized carbons (Fsp3) is 0.588. The molecular formula is C17H25ClN2O5S. The van der Waals surface area contributed by atoms with Crippen LogP contribution >= 0.6 is 11.6 Å². The van der Waals surface area contributed by atoms with Crippen molar-refractivity contribution in [2.45, 2.75) is 30.7 Å². The van der Waals surface area contributed by atoms with Gasteiger partial charge in [-0.3, -0.25) is 4.79 Å². The number of nitrogens with zero attached hydrogens (tertiary/aromatic N) is 1. The summed E-state index contributed by atoms with van der Waals surface area (Å²) in [5.41, 5.74) is 0.